The molecule has 1 aliphatic carbocycles. The topological polar surface area (TPSA) is 38.7 Å². The van der Waals surface area contributed by atoms with Gasteiger partial charge in [-0.2, -0.15) is 0 Å². The minimum Gasteiger partial charge on any atom is -0.208 e. The maximum atomic E-state index is 4.93. The summed E-state index contributed by atoms with van der Waals surface area (Å²) >= 11 is 1.89. The Balaban J connectivity index is 1.16. The molecule has 2 heterocycles. The quantitative estimate of drug-likeness (QED) is 0.190. The van der Waals surface area contributed by atoms with Crippen LogP contribution >= 0.6 is 11.3 Å². The molecule has 2 aromatic heterocycles. The molecule has 0 bridgehead atoms. The largest absolute Gasteiger partial charge is 0.208 e. The summed E-state index contributed by atoms with van der Waals surface area (Å²) < 4.78 is 2.65. The Labute approximate surface area is 291 Å². The summed E-state index contributed by atoms with van der Waals surface area (Å²) in [6.45, 7) is 9.61. The van der Waals surface area contributed by atoms with E-state index in [-0.39, 0.29) is 10.8 Å². The van der Waals surface area contributed by atoms with Gasteiger partial charge in [-0.25, -0.2) is 15.0 Å². The van der Waals surface area contributed by atoms with Crippen molar-refractivity contribution in [3.05, 3.63) is 151 Å². The van der Waals surface area contributed by atoms with E-state index in [0.29, 0.717) is 17.5 Å². The third-order valence-corrected chi connectivity index (χ3v) is 12.1. The van der Waals surface area contributed by atoms with E-state index in [1.165, 1.54) is 48.0 Å². The van der Waals surface area contributed by atoms with Crippen molar-refractivity contribution in [2.24, 2.45) is 0 Å². The first-order valence-electron chi connectivity index (χ1n) is 16.9. The van der Waals surface area contributed by atoms with Crippen molar-refractivity contribution in [1.82, 2.24) is 15.0 Å². The van der Waals surface area contributed by atoms with Crippen molar-refractivity contribution >= 4 is 31.5 Å². The van der Waals surface area contributed by atoms with Crippen molar-refractivity contribution in [1.29, 1.82) is 0 Å². The van der Waals surface area contributed by atoms with Crippen molar-refractivity contribution in [2.75, 3.05) is 0 Å². The number of hydrogen-bond donors (Lipinski definition) is 0. The van der Waals surface area contributed by atoms with E-state index < -0.39 is 0 Å². The van der Waals surface area contributed by atoms with Crippen molar-refractivity contribution in [3.63, 3.8) is 0 Å². The van der Waals surface area contributed by atoms with Gasteiger partial charge in [0, 0.05) is 36.9 Å². The van der Waals surface area contributed by atoms with Crippen LogP contribution in [0.5, 0.6) is 0 Å². The molecule has 0 unspecified atom stereocenters. The molecular weight excluding hydrogens is 615 g/mol. The molecule has 6 aromatic carbocycles. The van der Waals surface area contributed by atoms with E-state index in [4.69, 9.17) is 15.0 Å². The number of benzene rings is 6. The molecule has 236 valence electrons. The van der Waals surface area contributed by atoms with Gasteiger partial charge in [-0.15, -0.1) is 11.3 Å². The number of nitrogens with zero attached hydrogens (tertiary/aromatic N) is 3. The third-order valence-electron chi connectivity index (χ3n) is 10.9. The number of thiophene rings is 1. The summed E-state index contributed by atoms with van der Waals surface area (Å²) in [6, 6.07) is 49.6. The summed E-state index contributed by atoms with van der Waals surface area (Å²) in [5.74, 6) is 1.99. The molecule has 1 aliphatic rings. The fourth-order valence-corrected chi connectivity index (χ4v) is 8.61. The zero-order valence-electron chi connectivity index (χ0n) is 28.0. The van der Waals surface area contributed by atoms with Crippen LogP contribution in [0.15, 0.2) is 140 Å². The molecule has 4 heteroatoms. The van der Waals surface area contributed by atoms with Gasteiger partial charge in [0.25, 0.3) is 0 Å². The fourth-order valence-electron chi connectivity index (χ4n) is 7.52. The van der Waals surface area contributed by atoms with E-state index in [1.54, 1.807) is 0 Å². The van der Waals surface area contributed by atoms with Crippen molar-refractivity contribution < 1.29 is 0 Å². The van der Waals surface area contributed by atoms with Gasteiger partial charge in [0.1, 0.15) is 0 Å². The smallest absolute Gasteiger partial charge is 0.164 e. The molecule has 49 heavy (non-hydrogen) atoms. The second-order valence-corrected chi connectivity index (χ2v) is 15.2. The molecular formula is C45H35N3S. The molecule has 0 amide bonds. The van der Waals surface area contributed by atoms with Crippen LogP contribution in [0.3, 0.4) is 0 Å². The first-order valence-corrected chi connectivity index (χ1v) is 17.7. The van der Waals surface area contributed by atoms with Crippen LogP contribution in [0.1, 0.15) is 38.8 Å². The van der Waals surface area contributed by atoms with E-state index in [0.717, 1.165) is 22.3 Å². The predicted octanol–water partition coefficient (Wildman–Crippen LogP) is 12.1. The van der Waals surface area contributed by atoms with Gasteiger partial charge in [0.15, 0.2) is 17.5 Å². The van der Waals surface area contributed by atoms with Crippen LogP contribution in [0.2, 0.25) is 0 Å². The number of hydrogen-bond acceptors (Lipinski definition) is 4. The van der Waals surface area contributed by atoms with Gasteiger partial charge in [0.2, 0.25) is 0 Å². The molecule has 0 saturated carbocycles. The van der Waals surface area contributed by atoms with Crippen LogP contribution in [0, 0.1) is 0 Å². The fraction of sp³-hybridized carbons (Fsp3) is 0.133. The maximum absolute atomic E-state index is 4.93. The van der Waals surface area contributed by atoms with Crippen LogP contribution < -0.4 is 0 Å². The highest BCUT2D eigenvalue weighted by molar-refractivity contribution is 7.26. The standard InChI is InChI=1S/C45H35N3S/c1-44(2)35-18-12-11-17-33(35)39-36(45(44,3)4)24-26-38-40(39)34-27-32(23-25-37(34)49-38)28-19-21-31(22-20-28)43-47-41(29-13-7-5-8-14-29)46-42(48-43)30-15-9-6-10-16-30/h5-27H,1-4H3. The van der Waals surface area contributed by atoms with Gasteiger partial charge in [-0.3, -0.25) is 0 Å². The second-order valence-electron chi connectivity index (χ2n) is 14.1. The number of aromatic nitrogens is 3. The van der Waals surface area contributed by atoms with Crippen molar-refractivity contribution in [3.8, 4) is 56.4 Å². The lowest BCUT2D eigenvalue weighted by Gasteiger charge is -2.48. The Morgan fingerprint density at radius 1 is 0.429 bits per heavy atom. The van der Waals surface area contributed by atoms with Gasteiger partial charge in [-0.05, 0) is 62.4 Å². The Bertz CT molecular complexity index is 2470. The highest BCUT2D eigenvalue weighted by Crippen LogP contribution is 2.57. The summed E-state index contributed by atoms with van der Waals surface area (Å²) in [6.07, 6.45) is 0. The van der Waals surface area contributed by atoms with Crippen LogP contribution in [0.25, 0.3) is 76.6 Å². The lowest BCUT2D eigenvalue weighted by atomic mass is 9.55. The molecule has 0 atom stereocenters. The lowest BCUT2D eigenvalue weighted by molar-refractivity contribution is 0.299. The average Bonchev–Trinajstić information content (AvgIpc) is 3.53. The molecule has 0 N–H and O–H groups in total. The van der Waals surface area contributed by atoms with Gasteiger partial charge < -0.3 is 0 Å². The summed E-state index contributed by atoms with van der Waals surface area (Å²) in [4.78, 5) is 14.7. The highest BCUT2D eigenvalue weighted by Gasteiger charge is 2.46. The maximum Gasteiger partial charge on any atom is 0.164 e. The summed E-state index contributed by atoms with van der Waals surface area (Å²) in [5, 5.41) is 2.69. The number of fused-ring (bicyclic) bond motifs is 7. The Kier molecular flexibility index (Phi) is 6.69. The lowest BCUT2D eigenvalue weighted by Crippen LogP contribution is -2.43. The second kappa shape index (κ2) is 11.0. The molecule has 0 aliphatic heterocycles. The molecule has 9 rings (SSSR count). The zero-order chi connectivity index (χ0) is 33.3. The van der Waals surface area contributed by atoms with E-state index in [2.05, 4.69) is 107 Å². The predicted molar refractivity (Wildman–Crippen MR) is 206 cm³/mol. The SMILES string of the molecule is CC1(C)c2ccccc2-c2c(ccc3sc4ccc(-c5ccc(-c6nc(-c7ccccc7)nc(-c7ccccc7)n6)cc5)cc4c23)C1(C)C. The molecule has 3 nitrogen and oxygen atoms in total. The first kappa shape index (κ1) is 29.7. The van der Waals surface area contributed by atoms with Gasteiger partial charge in [0.05, 0.1) is 0 Å². The molecule has 0 saturated heterocycles. The van der Waals surface area contributed by atoms with Crippen LogP contribution in [-0.2, 0) is 10.8 Å². The van der Waals surface area contributed by atoms with Gasteiger partial charge in [-0.1, -0.05) is 149 Å². The van der Waals surface area contributed by atoms with E-state index in [9.17, 15) is 0 Å². The molecule has 0 fully saturated rings. The van der Waals surface area contributed by atoms with Crippen molar-refractivity contribution in [2.45, 2.75) is 38.5 Å². The molecule has 0 radical (unpaired) electrons. The first-order chi connectivity index (χ1) is 23.8. The highest BCUT2D eigenvalue weighted by atomic mass is 32.1. The Morgan fingerprint density at radius 3 is 1.55 bits per heavy atom. The van der Waals surface area contributed by atoms with Crippen LogP contribution in [0.4, 0.5) is 0 Å². The Hall–Kier alpha value is -5.45. The molecule has 0 spiro atoms. The van der Waals surface area contributed by atoms with Crippen LogP contribution in [-0.4, -0.2) is 15.0 Å². The van der Waals surface area contributed by atoms with Gasteiger partial charge >= 0.3 is 0 Å². The minimum atomic E-state index is -0.0254. The monoisotopic (exact) mass is 649 g/mol. The normalized spacial score (nSPS) is 14.4. The Morgan fingerprint density at radius 2 is 0.918 bits per heavy atom. The van der Waals surface area contributed by atoms with E-state index >= 15 is 0 Å². The zero-order valence-corrected chi connectivity index (χ0v) is 28.8. The minimum absolute atomic E-state index is 0.00521. The van der Waals surface area contributed by atoms with E-state index in [1.807, 2.05) is 72.0 Å². The molecule has 8 aromatic rings. The third kappa shape index (κ3) is 4.66. The average molecular weight is 650 g/mol. The summed E-state index contributed by atoms with van der Waals surface area (Å²) in [7, 11) is 0. The summed E-state index contributed by atoms with van der Waals surface area (Å²) in [5.41, 5.74) is 10.9. The number of rotatable bonds is 4.